The molecular formula is C22H37BrFNO2SSi. The van der Waals surface area contributed by atoms with E-state index >= 15 is 0 Å². The second-order valence-electron chi connectivity index (χ2n) is 11.2. The molecule has 0 heterocycles. The van der Waals surface area contributed by atoms with Crippen LogP contribution < -0.4 is 4.72 Å². The number of hydrogen-bond donors (Lipinski definition) is 1. The molecule has 166 valence electrons. The second kappa shape index (κ2) is 8.12. The molecule has 1 aliphatic carbocycles. The van der Waals surface area contributed by atoms with Crippen molar-refractivity contribution < 1.29 is 13.0 Å². The number of halogens is 2. The van der Waals surface area contributed by atoms with Crippen molar-refractivity contribution in [3.63, 3.8) is 0 Å². The molecule has 2 atom stereocenters. The molecule has 1 aliphatic rings. The Morgan fingerprint density at radius 1 is 1.17 bits per heavy atom. The van der Waals surface area contributed by atoms with Crippen LogP contribution in [0.1, 0.15) is 73.3 Å². The van der Waals surface area contributed by atoms with Crippen LogP contribution in [0.15, 0.2) is 22.7 Å². The van der Waals surface area contributed by atoms with E-state index in [9.17, 15) is 8.60 Å². The summed E-state index contributed by atoms with van der Waals surface area (Å²) in [6, 6.07) is 4.96. The lowest BCUT2D eigenvalue weighted by atomic mass is 9.86. The summed E-state index contributed by atoms with van der Waals surface area (Å²) in [6.45, 7) is 18.9. The van der Waals surface area contributed by atoms with Gasteiger partial charge in [-0.05, 0) is 83.3 Å². The number of hydrogen-bond acceptors (Lipinski definition) is 2. The molecule has 29 heavy (non-hydrogen) atoms. The Balaban J connectivity index is 2.44. The van der Waals surface area contributed by atoms with Crippen LogP contribution in [0.3, 0.4) is 0 Å². The van der Waals surface area contributed by atoms with Gasteiger partial charge in [0.15, 0.2) is 8.32 Å². The van der Waals surface area contributed by atoms with Gasteiger partial charge >= 0.3 is 0 Å². The van der Waals surface area contributed by atoms with Crippen molar-refractivity contribution in [1.29, 1.82) is 0 Å². The Bertz CT molecular complexity index is 784. The van der Waals surface area contributed by atoms with Crippen LogP contribution in [0.25, 0.3) is 0 Å². The van der Waals surface area contributed by atoms with Crippen molar-refractivity contribution in [2.45, 2.75) is 102 Å². The van der Waals surface area contributed by atoms with E-state index < -0.39 is 29.6 Å². The van der Waals surface area contributed by atoms with E-state index in [1.165, 1.54) is 6.07 Å². The highest BCUT2D eigenvalue weighted by molar-refractivity contribution is 9.10. The minimum Gasteiger partial charge on any atom is -0.411 e. The van der Waals surface area contributed by atoms with Crippen molar-refractivity contribution in [3.05, 3.63) is 34.1 Å². The molecular weight excluding hydrogens is 469 g/mol. The highest BCUT2D eigenvalue weighted by Gasteiger charge is 2.55. The lowest BCUT2D eigenvalue weighted by molar-refractivity contribution is 0.115. The summed E-state index contributed by atoms with van der Waals surface area (Å²) in [6.07, 6.45) is 2.49. The molecule has 1 aromatic carbocycles. The third-order valence-electron chi connectivity index (χ3n) is 6.16. The zero-order valence-electron chi connectivity index (χ0n) is 19.3. The Morgan fingerprint density at radius 3 is 2.17 bits per heavy atom. The maximum absolute atomic E-state index is 14.9. The maximum atomic E-state index is 14.9. The third-order valence-corrected chi connectivity index (χ3v) is 13.0. The standard InChI is InChI=1S/C22H37BrFNO2SSi/c1-19(2,3)28(26)25-21(7,17-14-16(23)10-11-18(17)24)15-22(12-13-22)27-29(8,9)20(4,5)6/h10-11,14,25H,12-13,15H2,1-9H3/t21-,28+/m0/s1. The molecule has 0 amide bonds. The summed E-state index contributed by atoms with van der Waals surface area (Å²) in [5.74, 6) is -0.294. The van der Waals surface area contributed by atoms with Gasteiger partial charge in [0.25, 0.3) is 0 Å². The lowest BCUT2D eigenvalue weighted by Crippen LogP contribution is -2.51. The maximum Gasteiger partial charge on any atom is 0.192 e. The Morgan fingerprint density at radius 2 is 1.72 bits per heavy atom. The van der Waals surface area contributed by atoms with E-state index in [1.807, 2.05) is 27.7 Å². The zero-order chi connectivity index (χ0) is 22.5. The van der Waals surface area contributed by atoms with E-state index in [4.69, 9.17) is 4.43 Å². The Kier molecular flexibility index (Phi) is 7.05. The first-order chi connectivity index (χ1) is 12.9. The van der Waals surface area contributed by atoms with Crippen molar-refractivity contribution in [2.75, 3.05) is 0 Å². The van der Waals surface area contributed by atoms with Gasteiger partial charge in [0, 0.05) is 10.0 Å². The fourth-order valence-corrected chi connectivity index (χ4v) is 6.18. The first-order valence-electron chi connectivity index (χ1n) is 10.3. The lowest BCUT2D eigenvalue weighted by Gasteiger charge is -2.43. The molecule has 0 aromatic heterocycles. The van der Waals surface area contributed by atoms with Crippen molar-refractivity contribution in [1.82, 2.24) is 4.72 Å². The smallest absolute Gasteiger partial charge is 0.192 e. The number of nitrogens with one attached hydrogen (secondary N) is 1. The molecule has 3 nitrogen and oxygen atoms in total. The summed E-state index contributed by atoms with van der Waals surface area (Å²) in [5.41, 5.74) is -0.582. The monoisotopic (exact) mass is 505 g/mol. The van der Waals surface area contributed by atoms with Crippen LogP contribution in [0.4, 0.5) is 4.39 Å². The molecule has 0 spiro atoms. The van der Waals surface area contributed by atoms with Crippen LogP contribution in [-0.4, -0.2) is 22.9 Å². The van der Waals surface area contributed by atoms with Gasteiger partial charge in [-0.15, -0.1) is 0 Å². The van der Waals surface area contributed by atoms with E-state index in [2.05, 4.69) is 54.5 Å². The van der Waals surface area contributed by atoms with Crippen LogP contribution in [0.5, 0.6) is 0 Å². The predicted molar refractivity (Wildman–Crippen MR) is 127 cm³/mol. The molecule has 0 saturated heterocycles. The van der Waals surface area contributed by atoms with E-state index in [1.54, 1.807) is 12.1 Å². The molecule has 1 fully saturated rings. The first kappa shape index (κ1) is 25.2. The van der Waals surface area contributed by atoms with Crippen LogP contribution >= 0.6 is 15.9 Å². The number of rotatable bonds is 7. The summed E-state index contributed by atoms with van der Waals surface area (Å²) in [4.78, 5) is 0. The molecule has 0 bridgehead atoms. The van der Waals surface area contributed by atoms with Crippen molar-refractivity contribution in [2.24, 2.45) is 0 Å². The minimum absolute atomic E-state index is 0.0989. The summed E-state index contributed by atoms with van der Waals surface area (Å²) < 4.78 is 38.4. The normalized spacial score (nSPS) is 20.2. The first-order valence-corrected chi connectivity index (χ1v) is 15.1. The summed E-state index contributed by atoms with van der Waals surface area (Å²) in [5, 5.41) is 0.0989. The third kappa shape index (κ3) is 6.00. The largest absolute Gasteiger partial charge is 0.411 e. The van der Waals surface area contributed by atoms with Crippen molar-refractivity contribution in [3.8, 4) is 0 Å². The number of benzene rings is 1. The minimum atomic E-state index is -1.99. The fraction of sp³-hybridized carbons (Fsp3) is 0.727. The SMILES string of the molecule is CC(C)(C)[S@@](=O)N[C@@](C)(CC1(O[Si](C)(C)C(C)(C)C)CC1)c1cc(Br)ccc1F. The average Bonchev–Trinajstić information content (AvgIpc) is 3.25. The molecule has 2 rings (SSSR count). The average molecular weight is 507 g/mol. The van der Waals surface area contributed by atoms with Gasteiger partial charge in [-0.25, -0.2) is 13.3 Å². The van der Waals surface area contributed by atoms with Gasteiger partial charge in [0.2, 0.25) is 0 Å². The predicted octanol–water partition coefficient (Wildman–Crippen LogP) is 6.80. The van der Waals surface area contributed by atoms with Crippen LogP contribution in [0, 0.1) is 5.82 Å². The molecule has 1 saturated carbocycles. The molecule has 0 unspecified atom stereocenters. The molecule has 1 N–H and O–H groups in total. The van der Waals surface area contributed by atoms with Gasteiger partial charge < -0.3 is 4.43 Å². The van der Waals surface area contributed by atoms with Gasteiger partial charge in [-0.1, -0.05) is 36.7 Å². The summed E-state index contributed by atoms with van der Waals surface area (Å²) in [7, 11) is -3.33. The van der Waals surface area contributed by atoms with E-state index in [0.717, 1.165) is 17.3 Å². The highest BCUT2D eigenvalue weighted by atomic mass is 79.9. The Labute approximate surface area is 188 Å². The topological polar surface area (TPSA) is 38.3 Å². The molecule has 0 radical (unpaired) electrons. The second-order valence-corrected chi connectivity index (χ2v) is 18.8. The Hall–Kier alpha value is -0.0831. The van der Waals surface area contributed by atoms with Crippen LogP contribution in [-0.2, 0) is 21.0 Å². The quantitative estimate of drug-likeness (QED) is 0.413. The molecule has 1 aromatic rings. The van der Waals surface area contributed by atoms with E-state index in [0.29, 0.717) is 12.0 Å². The van der Waals surface area contributed by atoms with Gasteiger partial charge in [-0.3, -0.25) is 0 Å². The highest BCUT2D eigenvalue weighted by Crippen LogP contribution is 2.53. The van der Waals surface area contributed by atoms with Gasteiger partial charge in [0.1, 0.15) is 5.82 Å². The van der Waals surface area contributed by atoms with Crippen molar-refractivity contribution >= 4 is 35.2 Å². The zero-order valence-corrected chi connectivity index (χ0v) is 22.7. The van der Waals surface area contributed by atoms with Gasteiger partial charge in [-0.2, -0.15) is 0 Å². The van der Waals surface area contributed by atoms with Gasteiger partial charge in [0.05, 0.1) is 26.9 Å². The van der Waals surface area contributed by atoms with Crippen LogP contribution in [0.2, 0.25) is 18.1 Å². The molecule has 7 heteroatoms. The summed E-state index contributed by atoms with van der Waals surface area (Å²) >= 11 is 3.47. The molecule has 0 aliphatic heterocycles. The fourth-order valence-electron chi connectivity index (χ4n) is 3.26. The van der Waals surface area contributed by atoms with E-state index in [-0.39, 0.29) is 16.5 Å².